The third-order valence-electron chi connectivity index (χ3n) is 3.37. The molecule has 0 aromatic carbocycles. The smallest absolute Gasteiger partial charge is 0.0487 e. The van der Waals surface area contributed by atoms with Gasteiger partial charge in [0.1, 0.15) is 0 Å². The molecule has 12 heavy (non-hydrogen) atoms. The molecule has 0 heterocycles. The Morgan fingerprint density at radius 2 is 2.08 bits per heavy atom. The minimum atomic E-state index is 0.0843. The zero-order valence-corrected chi connectivity index (χ0v) is 7.92. The van der Waals surface area contributed by atoms with Crippen LogP contribution in [0.4, 0.5) is 0 Å². The van der Waals surface area contributed by atoms with Crippen molar-refractivity contribution < 1.29 is 10.2 Å². The van der Waals surface area contributed by atoms with E-state index in [4.69, 9.17) is 5.11 Å². The Morgan fingerprint density at radius 3 is 2.67 bits per heavy atom. The second kappa shape index (κ2) is 4.24. The van der Waals surface area contributed by atoms with Crippen molar-refractivity contribution in [1.29, 1.82) is 0 Å². The lowest BCUT2D eigenvalue weighted by Gasteiger charge is -2.40. The molecule has 1 rings (SSSR count). The summed E-state index contributed by atoms with van der Waals surface area (Å²) < 4.78 is 0. The van der Waals surface area contributed by atoms with Gasteiger partial charge in [0.15, 0.2) is 0 Å². The first-order valence-corrected chi connectivity index (χ1v) is 4.94. The molecule has 2 N–H and O–H groups in total. The quantitative estimate of drug-likeness (QED) is 0.678. The first-order valence-electron chi connectivity index (χ1n) is 4.94. The summed E-state index contributed by atoms with van der Waals surface area (Å²) in [5.74, 6) is 0.529. The van der Waals surface area contributed by atoms with Crippen LogP contribution < -0.4 is 0 Å². The highest BCUT2D eigenvalue weighted by molar-refractivity contribution is 4.85. The third kappa shape index (κ3) is 1.99. The highest BCUT2D eigenvalue weighted by Crippen LogP contribution is 2.42. The second-order valence-electron chi connectivity index (χ2n) is 4.27. The molecule has 0 aromatic rings. The molecule has 0 aliphatic heterocycles. The number of rotatable bonds is 3. The maximum atomic E-state index is 9.27. The van der Waals surface area contributed by atoms with Crippen LogP contribution in [0.3, 0.4) is 0 Å². The maximum absolute atomic E-state index is 9.27. The summed E-state index contributed by atoms with van der Waals surface area (Å²) in [6.45, 7) is 2.68. The summed E-state index contributed by atoms with van der Waals surface area (Å²) >= 11 is 0. The molecule has 1 aliphatic rings. The standard InChI is InChI=1S/C10H20O2/c1-10(8-12)6-3-2-4-9(10)5-7-11/h9,11-12H,2-8H2,1H3. The summed E-state index contributed by atoms with van der Waals surface area (Å²) in [6, 6.07) is 0. The summed E-state index contributed by atoms with van der Waals surface area (Å²) in [6.07, 6.45) is 5.65. The molecule has 0 saturated heterocycles. The molecule has 2 heteroatoms. The van der Waals surface area contributed by atoms with Gasteiger partial charge in [-0.1, -0.05) is 19.8 Å². The lowest BCUT2D eigenvalue weighted by molar-refractivity contribution is 0.0271. The SMILES string of the molecule is CC1(CO)CCCCC1CCO. The van der Waals surface area contributed by atoms with Gasteiger partial charge in [-0.3, -0.25) is 0 Å². The minimum absolute atomic E-state index is 0.0843. The Hall–Kier alpha value is -0.0800. The van der Waals surface area contributed by atoms with E-state index in [2.05, 4.69) is 6.92 Å². The zero-order chi connectivity index (χ0) is 9.03. The van der Waals surface area contributed by atoms with Gasteiger partial charge in [-0.15, -0.1) is 0 Å². The molecule has 2 nitrogen and oxygen atoms in total. The van der Waals surface area contributed by atoms with Crippen molar-refractivity contribution in [2.75, 3.05) is 13.2 Å². The predicted molar refractivity (Wildman–Crippen MR) is 48.9 cm³/mol. The van der Waals surface area contributed by atoms with Crippen LogP contribution in [0.5, 0.6) is 0 Å². The number of aliphatic hydroxyl groups is 2. The first kappa shape index (κ1) is 10.0. The van der Waals surface area contributed by atoms with Crippen molar-refractivity contribution in [3.05, 3.63) is 0 Å². The summed E-state index contributed by atoms with van der Waals surface area (Å²) in [7, 11) is 0. The Kier molecular flexibility index (Phi) is 3.53. The van der Waals surface area contributed by atoms with E-state index in [1.165, 1.54) is 19.3 Å². The van der Waals surface area contributed by atoms with E-state index in [-0.39, 0.29) is 18.6 Å². The lowest BCUT2D eigenvalue weighted by atomic mass is 9.67. The molecule has 0 aromatic heterocycles. The normalized spacial score (nSPS) is 36.8. The van der Waals surface area contributed by atoms with Gasteiger partial charge in [-0.05, 0) is 30.6 Å². The highest BCUT2D eigenvalue weighted by Gasteiger charge is 2.35. The lowest BCUT2D eigenvalue weighted by Crippen LogP contribution is -2.34. The Balaban J connectivity index is 2.53. The summed E-state index contributed by atoms with van der Waals surface area (Å²) in [4.78, 5) is 0. The van der Waals surface area contributed by atoms with Crippen LogP contribution >= 0.6 is 0 Å². The first-order chi connectivity index (χ1) is 5.73. The summed E-state index contributed by atoms with van der Waals surface area (Å²) in [5.41, 5.74) is 0.0843. The van der Waals surface area contributed by atoms with E-state index < -0.39 is 0 Å². The fourth-order valence-electron chi connectivity index (χ4n) is 2.33. The van der Waals surface area contributed by atoms with E-state index in [1.54, 1.807) is 0 Å². The van der Waals surface area contributed by atoms with Gasteiger partial charge < -0.3 is 10.2 Å². The Morgan fingerprint density at radius 1 is 1.33 bits per heavy atom. The van der Waals surface area contributed by atoms with E-state index in [0.717, 1.165) is 12.8 Å². The fourth-order valence-corrected chi connectivity index (χ4v) is 2.33. The average Bonchev–Trinajstić information content (AvgIpc) is 2.10. The van der Waals surface area contributed by atoms with Crippen LogP contribution in [0, 0.1) is 11.3 Å². The van der Waals surface area contributed by atoms with E-state index in [0.29, 0.717) is 5.92 Å². The van der Waals surface area contributed by atoms with E-state index in [1.807, 2.05) is 0 Å². The minimum Gasteiger partial charge on any atom is -0.396 e. The van der Waals surface area contributed by atoms with Crippen molar-refractivity contribution in [1.82, 2.24) is 0 Å². The van der Waals surface area contributed by atoms with Crippen molar-refractivity contribution >= 4 is 0 Å². The molecule has 0 bridgehead atoms. The molecule has 72 valence electrons. The van der Waals surface area contributed by atoms with Crippen molar-refractivity contribution in [2.45, 2.75) is 39.0 Å². The number of aliphatic hydroxyl groups excluding tert-OH is 2. The van der Waals surface area contributed by atoms with Gasteiger partial charge >= 0.3 is 0 Å². The zero-order valence-electron chi connectivity index (χ0n) is 7.92. The Labute approximate surface area is 74.6 Å². The Bertz CT molecular complexity index is 134. The van der Waals surface area contributed by atoms with Crippen LogP contribution in [0.1, 0.15) is 39.0 Å². The van der Waals surface area contributed by atoms with Crippen LogP contribution in [0.15, 0.2) is 0 Å². The monoisotopic (exact) mass is 172 g/mol. The molecule has 1 saturated carbocycles. The highest BCUT2D eigenvalue weighted by atomic mass is 16.3. The average molecular weight is 172 g/mol. The molecular formula is C10H20O2. The second-order valence-corrected chi connectivity index (χ2v) is 4.27. The van der Waals surface area contributed by atoms with Crippen molar-refractivity contribution in [2.24, 2.45) is 11.3 Å². The van der Waals surface area contributed by atoms with Gasteiger partial charge in [-0.2, -0.15) is 0 Å². The van der Waals surface area contributed by atoms with Gasteiger partial charge in [0.2, 0.25) is 0 Å². The van der Waals surface area contributed by atoms with Crippen molar-refractivity contribution in [3.63, 3.8) is 0 Å². The fraction of sp³-hybridized carbons (Fsp3) is 1.00. The molecule has 0 radical (unpaired) electrons. The third-order valence-corrected chi connectivity index (χ3v) is 3.37. The van der Waals surface area contributed by atoms with Crippen LogP contribution in [-0.2, 0) is 0 Å². The van der Waals surface area contributed by atoms with Gasteiger partial charge in [0.25, 0.3) is 0 Å². The topological polar surface area (TPSA) is 40.5 Å². The maximum Gasteiger partial charge on any atom is 0.0487 e. The molecule has 1 fully saturated rings. The van der Waals surface area contributed by atoms with E-state index >= 15 is 0 Å². The van der Waals surface area contributed by atoms with Gasteiger partial charge in [0.05, 0.1) is 0 Å². The van der Waals surface area contributed by atoms with E-state index in [9.17, 15) is 5.11 Å². The molecule has 2 atom stereocenters. The molecular weight excluding hydrogens is 152 g/mol. The van der Waals surface area contributed by atoms with Crippen LogP contribution in [-0.4, -0.2) is 23.4 Å². The van der Waals surface area contributed by atoms with Gasteiger partial charge in [0, 0.05) is 13.2 Å². The van der Waals surface area contributed by atoms with Crippen LogP contribution in [0.25, 0.3) is 0 Å². The largest absolute Gasteiger partial charge is 0.396 e. The molecule has 2 unspecified atom stereocenters. The number of hydrogen-bond acceptors (Lipinski definition) is 2. The summed E-state index contributed by atoms with van der Waals surface area (Å²) in [5, 5.41) is 18.1. The molecule has 0 spiro atoms. The van der Waals surface area contributed by atoms with Crippen molar-refractivity contribution in [3.8, 4) is 0 Å². The molecule has 1 aliphatic carbocycles. The van der Waals surface area contributed by atoms with Crippen LogP contribution in [0.2, 0.25) is 0 Å². The predicted octanol–water partition coefficient (Wildman–Crippen LogP) is 1.56. The molecule has 0 amide bonds. The van der Waals surface area contributed by atoms with Gasteiger partial charge in [-0.25, -0.2) is 0 Å². The number of hydrogen-bond donors (Lipinski definition) is 2.